The number of fused-ring (bicyclic) bond motifs is 1. The fourth-order valence-electron chi connectivity index (χ4n) is 3.64. The lowest BCUT2D eigenvalue weighted by Gasteiger charge is -2.18. The van der Waals surface area contributed by atoms with Crippen LogP contribution in [0.2, 0.25) is 0 Å². The van der Waals surface area contributed by atoms with Crippen LogP contribution in [0.15, 0.2) is 35.3 Å². The Morgan fingerprint density at radius 2 is 1.86 bits per heavy atom. The summed E-state index contributed by atoms with van der Waals surface area (Å²) >= 11 is 0. The van der Waals surface area contributed by atoms with Crippen molar-refractivity contribution in [1.29, 1.82) is 0 Å². The maximum Gasteiger partial charge on any atom is 0.347 e. The van der Waals surface area contributed by atoms with E-state index in [1.165, 1.54) is 41.8 Å². The lowest BCUT2D eigenvalue weighted by molar-refractivity contribution is -0.132. The standard InChI is InChI=1S/C25H26FN3O6/c1-6-34-25(33)21-23(35-15(3)31)22-20(29(5)24(21)32)10-16(12-27-22)9-17-7-8-19(26)11-18(17)13-28(4)14(2)30/h7-8,10-12H,6,9,13H2,1-5H3. The average molecular weight is 483 g/mol. The molecule has 0 aliphatic carbocycles. The molecule has 10 heteroatoms. The first-order valence-electron chi connectivity index (χ1n) is 10.9. The van der Waals surface area contributed by atoms with Crippen LogP contribution in [0.3, 0.4) is 0 Å². The molecule has 0 radical (unpaired) electrons. The molecule has 0 spiro atoms. The molecular formula is C25H26FN3O6. The summed E-state index contributed by atoms with van der Waals surface area (Å²) in [6.07, 6.45) is 1.86. The van der Waals surface area contributed by atoms with Gasteiger partial charge in [0.15, 0.2) is 11.3 Å². The number of nitrogens with zero attached hydrogens (tertiary/aromatic N) is 3. The molecule has 1 aromatic carbocycles. The molecule has 3 aromatic rings. The van der Waals surface area contributed by atoms with Crippen molar-refractivity contribution < 1.29 is 28.2 Å². The van der Waals surface area contributed by atoms with Gasteiger partial charge in [-0.05, 0) is 48.2 Å². The lowest BCUT2D eigenvalue weighted by atomic mass is 9.99. The third-order valence-electron chi connectivity index (χ3n) is 5.48. The molecule has 3 rings (SSSR count). The van der Waals surface area contributed by atoms with Crippen molar-refractivity contribution in [3.8, 4) is 5.75 Å². The molecule has 0 saturated carbocycles. The van der Waals surface area contributed by atoms with E-state index < -0.39 is 28.9 Å². The SMILES string of the molecule is CCOC(=O)c1c(OC(C)=O)c2ncc(Cc3ccc(F)cc3CN(C)C(C)=O)cc2n(C)c1=O. The number of benzene rings is 1. The van der Waals surface area contributed by atoms with Crippen LogP contribution in [-0.4, -0.2) is 46.0 Å². The Morgan fingerprint density at radius 1 is 1.14 bits per heavy atom. The smallest absolute Gasteiger partial charge is 0.347 e. The number of pyridine rings is 2. The summed E-state index contributed by atoms with van der Waals surface area (Å²) in [6.45, 7) is 4.43. The summed E-state index contributed by atoms with van der Waals surface area (Å²) in [5.41, 5.74) is 1.46. The molecule has 1 amide bonds. The zero-order valence-electron chi connectivity index (χ0n) is 20.2. The molecule has 2 aromatic heterocycles. The number of aromatic nitrogens is 2. The van der Waals surface area contributed by atoms with Crippen molar-refractivity contribution in [1.82, 2.24) is 14.5 Å². The molecule has 2 heterocycles. The van der Waals surface area contributed by atoms with Gasteiger partial charge in [-0.25, -0.2) is 9.18 Å². The van der Waals surface area contributed by atoms with Crippen LogP contribution in [0.25, 0.3) is 11.0 Å². The molecule has 0 saturated heterocycles. The number of amides is 1. The number of hydrogen-bond acceptors (Lipinski definition) is 7. The number of ether oxygens (including phenoxy) is 2. The lowest BCUT2D eigenvalue weighted by Crippen LogP contribution is -2.28. The monoisotopic (exact) mass is 483 g/mol. The van der Waals surface area contributed by atoms with Gasteiger partial charge in [0.25, 0.3) is 5.56 Å². The number of carbonyl (C=O) groups is 3. The van der Waals surface area contributed by atoms with Crippen molar-refractivity contribution in [3.05, 3.63) is 68.9 Å². The number of hydrogen-bond donors (Lipinski definition) is 0. The van der Waals surface area contributed by atoms with Crippen LogP contribution in [-0.2, 0) is 34.3 Å². The van der Waals surface area contributed by atoms with E-state index >= 15 is 0 Å². The predicted molar refractivity (Wildman–Crippen MR) is 126 cm³/mol. The van der Waals surface area contributed by atoms with Crippen LogP contribution in [0, 0.1) is 5.82 Å². The Morgan fingerprint density at radius 3 is 2.49 bits per heavy atom. The second kappa shape index (κ2) is 10.5. The molecule has 0 aliphatic heterocycles. The van der Waals surface area contributed by atoms with Crippen molar-refractivity contribution in [2.75, 3.05) is 13.7 Å². The minimum atomic E-state index is -0.914. The van der Waals surface area contributed by atoms with Gasteiger partial charge in [-0.15, -0.1) is 0 Å². The van der Waals surface area contributed by atoms with Gasteiger partial charge in [-0.2, -0.15) is 0 Å². The van der Waals surface area contributed by atoms with Gasteiger partial charge in [0.1, 0.15) is 11.3 Å². The van der Waals surface area contributed by atoms with E-state index in [4.69, 9.17) is 9.47 Å². The van der Waals surface area contributed by atoms with Gasteiger partial charge in [-0.3, -0.25) is 19.4 Å². The number of aryl methyl sites for hydroxylation is 1. The maximum absolute atomic E-state index is 13.9. The highest BCUT2D eigenvalue weighted by atomic mass is 19.1. The number of carbonyl (C=O) groups excluding carboxylic acids is 3. The van der Waals surface area contributed by atoms with E-state index in [9.17, 15) is 23.6 Å². The molecule has 9 nitrogen and oxygen atoms in total. The fraction of sp³-hybridized carbons (Fsp3) is 0.320. The molecule has 0 N–H and O–H groups in total. The Hall–Kier alpha value is -4.08. The van der Waals surface area contributed by atoms with E-state index in [-0.39, 0.29) is 30.3 Å². The zero-order chi connectivity index (χ0) is 25.9. The maximum atomic E-state index is 13.9. The van der Waals surface area contributed by atoms with Crippen molar-refractivity contribution in [2.45, 2.75) is 33.7 Å². The number of rotatable bonds is 7. The molecule has 0 fully saturated rings. The molecule has 0 unspecified atom stereocenters. The molecule has 0 bridgehead atoms. The normalized spacial score (nSPS) is 10.8. The van der Waals surface area contributed by atoms with Gasteiger partial charge in [0, 0.05) is 40.7 Å². The molecule has 184 valence electrons. The highest BCUT2D eigenvalue weighted by molar-refractivity contribution is 5.99. The molecule has 0 aliphatic rings. The Labute approximate surface area is 201 Å². The third kappa shape index (κ3) is 5.53. The molecule has 35 heavy (non-hydrogen) atoms. The van der Waals surface area contributed by atoms with Crippen molar-refractivity contribution in [2.24, 2.45) is 7.05 Å². The summed E-state index contributed by atoms with van der Waals surface area (Å²) in [7, 11) is 3.10. The molecular weight excluding hydrogens is 457 g/mol. The topological polar surface area (TPSA) is 108 Å². The van der Waals surface area contributed by atoms with Gasteiger partial charge >= 0.3 is 11.9 Å². The van der Waals surface area contributed by atoms with Crippen LogP contribution >= 0.6 is 0 Å². The van der Waals surface area contributed by atoms with Gasteiger partial charge < -0.3 is 18.9 Å². The average Bonchev–Trinajstić information content (AvgIpc) is 2.79. The molecule has 0 atom stereocenters. The summed E-state index contributed by atoms with van der Waals surface area (Å²) in [5, 5.41) is 0. The summed E-state index contributed by atoms with van der Waals surface area (Å²) < 4.78 is 25.4. The minimum absolute atomic E-state index is 0.0325. The highest BCUT2D eigenvalue weighted by Crippen LogP contribution is 2.28. The van der Waals surface area contributed by atoms with Gasteiger partial charge in [0.05, 0.1) is 12.1 Å². The second-order valence-corrected chi connectivity index (χ2v) is 8.06. The quantitative estimate of drug-likeness (QED) is 0.476. The number of halogens is 1. The first-order valence-corrected chi connectivity index (χ1v) is 10.9. The fourth-order valence-corrected chi connectivity index (χ4v) is 3.64. The first kappa shape index (κ1) is 25.5. The third-order valence-corrected chi connectivity index (χ3v) is 5.48. The van der Waals surface area contributed by atoms with E-state index in [0.717, 1.165) is 12.5 Å². The summed E-state index contributed by atoms with van der Waals surface area (Å²) in [4.78, 5) is 54.7. The van der Waals surface area contributed by atoms with E-state index in [2.05, 4.69) is 4.98 Å². The predicted octanol–water partition coefficient (Wildman–Crippen LogP) is 2.74. The Kier molecular flexibility index (Phi) is 7.63. The van der Waals surface area contributed by atoms with Crippen molar-refractivity contribution >= 4 is 28.9 Å². The summed E-state index contributed by atoms with van der Waals surface area (Å²) in [5.74, 6) is -2.47. The minimum Gasteiger partial charge on any atom is -0.462 e. The summed E-state index contributed by atoms with van der Waals surface area (Å²) in [6, 6.07) is 6.04. The zero-order valence-corrected chi connectivity index (χ0v) is 20.2. The van der Waals surface area contributed by atoms with Crippen LogP contribution < -0.4 is 10.3 Å². The van der Waals surface area contributed by atoms with E-state index in [0.29, 0.717) is 23.1 Å². The van der Waals surface area contributed by atoms with E-state index in [1.807, 2.05) is 0 Å². The van der Waals surface area contributed by atoms with Crippen LogP contribution in [0.1, 0.15) is 47.8 Å². The van der Waals surface area contributed by atoms with Crippen molar-refractivity contribution in [3.63, 3.8) is 0 Å². The van der Waals surface area contributed by atoms with Gasteiger partial charge in [0.2, 0.25) is 5.91 Å². The highest BCUT2D eigenvalue weighted by Gasteiger charge is 2.26. The first-order chi connectivity index (χ1) is 16.5. The van der Waals surface area contributed by atoms with Crippen LogP contribution in [0.4, 0.5) is 4.39 Å². The number of esters is 2. The largest absolute Gasteiger partial charge is 0.462 e. The Bertz CT molecular complexity index is 1380. The van der Waals surface area contributed by atoms with Gasteiger partial charge in [-0.1, -0.05) is 6.07 Å². The Balaban J connectivity index is 2.13. The second-order valence-electron chi connectivity index (χ2n) is 8.06. The van der Waals surface area contributed by atoms with Crippen LogP contribution in [0.5, 0.6) is 5.75 Å². The van der Waals surface area contributed by atoms with E-state index in [1.54, 1.807) is 26.1 Å².